The van der Waals surface area contributed by atoms with Crippen LogP contribution in [0.1, 0.15) is 45.1 Å². The molecule has 4 aromatic carbocycles. The Morgan fingerprint density at radius 3 is 1.93 bits per heavy atom. The van der Waals surface area contributed by atoms with Crippen LogP contribution in [0.25, 0.3) is 10.8 Å². The van der Waals surface area contributed by atoms with E-state index in [1.807, 2.05) is 66.7 Å². The number of aryl methyl sites for hydroxylation is 1. The molecular weight excluding hydrogens is 522 g/mol. The van der Waals surface area contributed by atoms with Gasteiger partial charge in [-0.1, -0.05) is 66.2 Å². The first-order valence-corrected chi connectivity index (χ1v) is 13.7. The Kier molecular flexibility index (Phi) is 4.55. The summed E-state index contributed by atoms with van der Waals surface area (Å²) in [6.45, 7) is 2.06. The normalized spacial score (nSPS) is 17.6. The van der Waals surface area contributed by atoms with Gasteiger partial charge in [0.1, 0.15) is 11.0 Å². The molecule has 0 fully saturated rings. The molecule has 1 atom stereocenters. The molecule has 1 aromatic heterocycles. The highest BCUT2D eigenvalue weighted by Crippen LogP contribution is 2.34. The number of nitrogen functional groups attached to an aromatic ring is 1. The van der Waals surface area contributed by atoms with E-state index in [-0.39, 0.29) is 0 Å². The van der Waals surface area contributed by atoms with Gasteiger partial charge in [0.25, 0.3) is 0 Å². The molecule has 0 radical (unpaired) electrons. The van der Waals surface area contributed by atoms with Crippen LogP contribution in [0, 0.1) is 6.92 Å². The summed E-state index contributed by atoms with van der Waals surface area (Å²) in [5.41, 5.74) is 14.7. The first kappa shape index (κ1) is 22.9. The standard InChI is InChI=1S/C33H21N9/c1-16-10-12-22-24(14-16)32-40-30(22)38-28-19-7-3-2-6-18(19)26(36-28)35-27-20-8-4-5-9-21(20)29(37-27)39-33-25-15-17(34)11-13-23(25)31(41-32)42-33/h2-15,28H,34H2,1H3,(H,35,36,37,38,39,40,41,42). The minimum Gasteiger partial charge on any atom is -0.399 e. The third-order valence-corrected chi connectivity index (χ3v) is 7.90. The van der Waals surface area contributed by atoms with Crippen molar-refractivity contribution >= 4 is 45.6 Å². The third-order valence-electron chi connectivity index (χ3n) is 7.90. The molecule has 9 heteroatoms. The zero-order valence-corrected chi connectivity index (χ0v) is 22.4. The van der Waals surface area contributed by atoms with Gasteiger partial charge in [0, 0.05) is 49.8 Å². The van der Waals surface area contributed by atoms with E-state index >= 15 is 0 Å². The van der Waals surface area contributed by atoms with E-state index < -0.39 is 6.17 Å². The Bertz CT molecular complexity index is 2330. The van der Waals surface area contributed by atoms with Crippen molar-refractivity contribution in [3.63, 3.8) is 0 Å². The number of aromatic amines is 1. The Labute approximate surface area is 239 Å². The summed E-state index contributed by atoms with van der Waals surface area (Å²) < 4.78 is 0. The Morgan fingerprint density at radius 1 is 0.548 bits per heavy atom. The molecule has 0 amide bonds. The average molecular weight is 544 g/mol. The van der Waals surface area contributed by atoms with E-state index in [4.69, 9.17) is 40.7 Å². The second kappa shape index (κ2) is 8.34. The van der Waals surface area contributed by atoms with Gasteiger partial charge in [0.2, 0.25) is 0 Å². The maximum absolute atomic E-state index is 6.22. The lowest BCUT2D eigenvalue weighted by Gasteiger charge is -2.05. The lowest BCUT2D eigenvalue weighted by atomic mass is 10.0. The van der Waals surface area contributed by atoms with E-state index in [0.717, 1.165) is 49.7 Å². The largest absolute Gasteiger partial charge is 0.399 e. The second-order valence-corrected chi connectivity index (χ2v) is 10.6. The average Bonchev–Trinajstić information content (AvgIpc) is 3.72. The Balaban J connectivity index is 1.40. The maximum Gasteiger partial charge on any atom is 0.170 e. The summed E-state index contributed by atoms with van der Waals surface area (Å²) in [6, 6.07) is 27.9. The van der Waals surface area contributed by atoms with E-state index in [2.05, 4.69) is 30.1 Å². The molecule has 0 saturated carbocycles. The Morgan fingerprint density at radius 2 is 1.14 bits per heavy atom. The number of nitrogens with zero attached hydrogens (tertiary/aromatic N) is 7. The summed E-state index contributed by atoms with van der Waals surface area (Å²) in [7, 11) is 0. The highest BCUT2D eigenvalue weighted by Gasteiger charge is 2.30. The number of benzene rings is 4. The zero-order valence-electron chi connectivity index (χ0n) is 22.4. The molecule has 5 heterocycles. The minimum atomic E-state index is -0.494. The fraction of sp³-hybridized carbons (Fsp3) is 0.0606. The van der Waals surface area contributed by atoms with Gasteiger partial charge < -0.3 is 10.7 Å². The van der Waals surface area contributed by atoms with E-state index in [0.29, 0.717) is 45.8 Å². The van der Waals surface area contributed by atoms with Gasteiger partial charge in [-0.15, -0.1) is 0 Å². The molecule has 4 aliphatic heterocycles. The van der Waals surface area contributed by atoms with Crippen LogP contribution in [-0.2, 0) is 0 Å². The van der Waals surface area contributed by atoms with Gasteiger partial charge in [-0.3, -0.25) is 0 Å². The number of nitrogens with one attached hydrogen (secondary N) is 1. The fourth-order valence-electron chi connectivity index (χ4n) is 5.89. The van der Waals surface area contributed by atoms with Gasteiger partial charge in [-0.05, 0) is 31.2 Å². The molecule has 0 saturated heterocycles. The second-order valence-electron chi connectivity index (χ2n) is 10.6. The van der Waals surface area contributed by atoms with Crippen LogP contribution >= 0.6 is 0 Å². The lowest BCUT2D eigenvalue weighted by Crippen LogP contribution is -2.15. The van der Waals surface area contributed by atoms with Crippen molar-refractivity contribution in [1.29, 1.82) is 0 Å². The predicted molar refractivity (Wildman–Crippen MR) is 165 cm³/mol. The van der Waals surface area contributed by atoms with Crippen molar-refractivity contribution in [1.82, 2.24) is 4.98 Å². The summed E-state index contributed by atoms with van der Waals surface area (Å²) in [6.07, 6.45) is -0.494. The van der Waals surface area contributed by atoms with Crippen molar-refractivity contribution in [3.05, 3.63) is 135 Å². The number of rotatable bonds is 0. The van der Waals surface area contributed by atoms with E-state index in [1.165, 1.54) is 0 Å². The highest BCUT2D eigenvalue weighted by molar-refractivity contribution is 6.26. The van der Waals surface area contributed by atoms with Crippen LogP contribution in [0.5, 0.6) is 0 Å². The van der Waals surface area contributed by atoms with E-state index in [1.54, 1.807) is 0 Å². The highest BCUT2D eigenvalue weighted by atomic mass is 15.2. The molecule has 9 rings (SSSR count). The predicted octanol–water partition coefficient (Wildman–Crippen LogP) is 4.18. The molecule has 0 aliphatic carbocycles. The third kappa shape index (κ3) is 3.34. The van der Waals surface area contributed by atoms with Gasteiger partial charge in [0.15, 0.2) is 35.3 Å². The van der Waals surface area contributed by atoms with Crippen molar-refractivity contribution in [2.75, 3.05) is 5.73 Å². The summed E-state index contributed by atoms with van der Waals surface area (Å²) in [4.78, 5) is 38.4. The number of aromatic nitrogens is 1. The summed E-state index contributed by atoms with van der Waals surface area (Å²) >= 11 is 0. The first-order chi connectivity index (χ1) is 20.6. The van der Waals surface area contributed by atoms with Crippen LogP contribution in [-0.4, -0.2) is 34.2 Å². The fourth-order valence-corrected chi connectivity index (χ4v) is 5.89. The molecule has 5 aromatic rings. The van der Waals surface area contributed by atoms with Crippen molar-refractivity contribution < 1.29 is 0 Å². The zero-order chi connectivity index (χ0) is 27.9. The van der Waals surface area contributed by atoms with Crippen LogP contribution in [0.4, 0.5) is 5.69 Å². The van der Waals surface area contributed by atoms with Crippen molar-refractivity contribution in [3.8, 4) is 0 Å². The molecule has 3 N–H and O–H groups in total. The summed E-state index contributed by atoms with van der Waals surface area (Å²) in [5.74, 6) is 2.85. The quantitative estimate of drug-likeness (QED) is 0.279. The number of aliphatic imine (C=N–C) groups is 5. The van der Waals surface area contributed by atoms with Crippen LogP contribution < -0.4 is 16.7 Å². The van der Waals surface area contributed by atoms with Crippen molar-refractivity contribution in [2.24, 2.45) is 34.9 Å². The number of amidine groups is 5. The maximum atomic E-state index is 6.22. The molecule has 8 bridgehead atoms. The number of hydrogen-bond donors (Lipinski definition) is 2. The molecule has 9 nitrogen and oxygen atoms in total. The van der Waals surface area contributed by atoms with Crippen LogP contribution in [0.3, 0.4) is 0 Å². The summed E-state index contributed by atoms with van der Waals surface area (Å²) in [5, 5.41) is 1.73. The number of hydrogen-bond acceptors (Lipinski definition) is 8. The SMILES string of the molecule is Cc1ccc2c(c1)C1=NC2=NC2N=C(N=C3N=C(N=c4[nH]c(c5ccc(N)cc45)=N1)c1ccccc13)c1ccccc12. The van der Waals surface area contributed by atoms with Crippen LogP contribution in [0.15, 0.2) is 120 Å². The van der Waals surface area contributed by atoms with Crippen molar-refractivity contribution in [2.45, 2.75) is 13.1 Å². The lowest BCUT2D eigenvalue weighted by molar-refractivity contribution is 0.796. The smallest absolute Gasteiger partial charge is 0.170 e. The topological polar surface area (TPSA) is 128 Å². The molecule has 198 valence electrons. The molecule has 0 spiro atoms. The number of nitrogens with two attached hydrogens (primary N) is 1. The minimum absolute atomic E-state index is 0.494. The number of H-pyrrole nitrogens is 1. The Hall–Kier alpha value is -5.83. The van der Waals surface area contributed by atoms with Gasteiger partial charge in [-0.2, -0.15) is 0 Å². The van der Waals surface area contributed by atoms with Gasteiger partial charge in [0.05, 0.1) is 0 Å². The molecule has 1 unspecified atom stereocenters. The van der Waals surface area contributed by atoms with E-state index in [9.17, 15) is 0 Å². The molecule has 4 aliphatic rings. The molecular formula is C33H21N9. The van der Waals surface area contributed by atoms with Gasteiger partial charge >= 0.3 is 0 Å². The first-order valence-electron chi connectivity index (χ1n) is 13.7. The van der Waals surface area contributed by atoms with Crippen LogP contribution in [0.2, 0.25) is 0 Å². The molecule has 42 heavy (non-hydrogen) atoms. The number of anilines is 1. The van der Waals surface area contributed by atoms with Gasteiger partial charge in [-0.25, -0.2) is 34.9 Å². The monoisotopic (exact) mass is 543 g/mol. The number of fused-ring (bicyclic) bond motifs is 17.